The first-order chi connectivity index (χ1) is 6.86. The van der Waals surface area contributed by atoms with Crippen molar-refractivity contribution in [3.63, 3.8) is 0 Å². The molecule has 1 rings (SSSR count). The maximum absolute atomic E-state index is 9.17. The maximum atomic E-state index is 9.17. The summed E-state index contributed by atoms with van der Waals surface area (Å²) in [5, 5.41) is 9.17. The summed E-state index contributed by atoms with van der Waals surface area (Å²) in [4.78, 5) is 0. The van der Waals surface area contributed by atoms with Crippen LogP contribution in [0.3, 0.4) is 0 Å². The highest BCUT2D eigenvalue weighted by molar-refractivity contribution is 4.65. The lowest BCUT2D eigenvalue weighted by Gasteiger charge is -2.20. The van der Waals surface area contributed by atoms with Gasteiger partial charge in [0.2, 0.25) is 0 Å². The van der Waals surface area contributed by atoms with E-state index in [2.05, 4.69) is 6.92 Å². The molecule has 0 amide bonds. The molecule has 14 heavy (non-hydrogen) atoms. The minimum Gasteiger partial charge on any atom is -0.396 e. The predicted octanol–water partition coefficient (Wildman–Crippen LogP) is 3.76. The highest BCUT2D eigenvalue weighted by atomic mass is 16.3. The van der Waals surface area contributed by atoms with Crippen molar-refractivity contribution in [2.24, 2.45) is 11.8 Å². The molecule has 0 radical (unpaired) electrons. The number of rotatable bonds is 2. The Morgan fingerprint density at radius 3 is 1.64 bits per heavy atom. The average Bonchev–Trinajstić information content (AvgIpc) is 2.25. The van der Waals surface area contributed by atoms with Gasteiger partial charge in [0, 0.05) is 6.61 Å². The van der Waals surface area contributed by atoms with Gasteiger partial charge in [0.1, 0.15) is 0 Å². The topological polar surface area (TPSA) is 20.2 Å². The number of aliphatic hydroxyl groups excluding tert-OH is 1. The van der Waals surface area contributed by atoms with E-state index in [-0.39, 0.29) is 0 Å². The molecule has 0 aromatic rings. The monoisotopic (exact) mass is 198 g/mol. The lowest BCUT2D eigenvalue weighted by Crippen LogP contribution is -2.09. The Labute approximate surface area is 88.9 Å². The van der Waals surface area contributed by atoms with Crippen molar-refractivity contribution in [2.75, 3.05) is 6.61 Å². The first-order valence-corrected chi connectivity index (χ1v) is 6.47. The van der Waals surface area contributed by atoms with Gasteiger partial charge in [-0.2, -0.15) is 0 Å². The zero-order chi connectivity index (χ0) is 10.2. The molecule has 0 spiro atoms. The van der Waals surface area contributed by atoms with Crippen molar-refractivity contribution in [2.45, 2.75) is 64.7 Å². The van der Waals surface area contributed by atoms with Crippen molar-refractivity contribution in [1.29, 1.82) is 0 Å². The van der Waals surface area contributed by atoms with Gasteiger partial charge in [0.15, 0.2) is 0 Å². The van der Waals surface area contributed by atoms with Crippen molar-refractivity contribution in [3.05, 3.63) is 0 Å². The van der Waals surface area contributed by atoms with Crippen LogP contribution in [0.4, 0.5) is 0 Å². The van der Waals surface area contributed by atoms with E-state index in [9.17, 15) is 0 Å². The van der Waals surface area contributed by atoms with Gasteiger partial charge in [0.25, 0.3) is 0 Å². The van der Waals surface area contributed by atoms with E-state index in [1.54, 1.807) is 0 Å². The molecule has 0 bridgehead atoms. The van der Waals surface area contributed by atoms with Crippen LogP contribution in [0.25, 0.3) is 0 Å². The summed E-state index contributed by atoms with van der Waals surface area (Å²) >= 11 is 0. The third kappa shape index (κ3) is 4.45. The maximum Gasteiger partial charge on any atom is 0.0459 e. The smallest absolute Gasteiger partial charge is 0.0459 e. The van der Waals surface area contributed by atoms with Gasteiger partial charge in [-0.15, -0.1) is 0 Å². The quantitative estimate of drug-likeness (QED) is 0.716. The Morgan fingerprint density at radius 1 is 0.857 bits per heavy atom. The van der Waals surface area contributed by atoms with E-state index in [0.29, 0.717) is 12.5 Å². The first kappa shape index (κ1) is 12.0. The number of hydrogen-bond acceptors (Lipinski definition) is 1. The van der Waals surface area contributed by atoms with Gasteiger partial charge in [-0.25, -0.2) is 0 Å². The van der Waals surface area contributed by atoms with E-state index in [0.717, 1.165) is 5.92 Å². The van der Waals surface area contributed by atoms with Crippen LogP contribution in [-0.4, -0.2) is 11.7 Å². The second-order valence-electron chi connectivity index (χ2n) is 4.89. The fourth-order valence-corrected chi connectivity index (χ4v) is 2.61. The summed E-state index contributed by atoms with van der Waals surface area (Å²) in [6.45, 7) is 2.74. The Hall–Kier alpha value is -0.0400. The Morgan fingerprint density at radius 2 is 1.29 bits per heavy atom. The van der Waals surface area contributed by atoms with Crippen LogP contribution in [0.5, 0.6) is 0 Å². The predicted molar refractivity (Wildman–Crippen MR) is 61.3 cm³/mol. The molecular formula is C13H26O. The summed E-state index contributed by atoms with van der Waals surface area (Å²) in [5.74, 6) is 1.59. The molecular weight excluding hydrogens is 172 g/mol. The van der Waals surface area contributed by atoms with Crippen LogP contribution >= 0.6 is 0 Å². The second kappa shape index (κ2) is 7.28. The molecule has 0 atom stereocenters. The zero-order valence-electron chi connectivity index (χ0n) is 9.67. The summed E-state index contributed by atoms with van der Waals surface area (Å²) in [7, 11) is 0. The van der Waals surface area contributed by atoms with Crippen molar-refractivity contribution in [1.82, 2.24) is 0 Å². The SMILES string of the molecule is CCC1CCCCC(CO)CCCC1. The molecule has 1 nitrogen and oxygen atoms in total. The molecule has 1 aliphatic rings. The van der Waals surface area contributed by atoms with Gasteiger partial charge in [-0.05, 0) is 24.7 Å². The van der Waals surface area contributed by atoms with Crippen LogP contribution < -0.4 is 0 Å². The summed E-state index contributed by atoms with van der Waals surface area (Å²) in [5.41, 5.74) is 0. The minimum absolute atomic E-state index is 0.414. The van der Waals surface area contributed by atoms with Gasteiger partial charge in [-0.3, -0.25) is 0 Å². The molecule has 0 aromatic heterocycles. The lowest BCUT2D eigenvalue weighted by atomic mass is 9.87. The molecule has 0 heterocycles. The minimum atomic E-state index is 0.414. The van der Waals surface area contributed by atoms with Crippen LogP contribution in [0.2, 0.25) is 0 Å². The normalized spacial score (nSPS) is 31.3. The Bertz CT molecular complexity index is 105. The highest BCUT2D eigenvalue weighted by Gasteiger charge is 2.12. The molecule has 0 unspecified atom stereocenters. The van der Waals surface area contributed by atoms with E-state index in [1.807, 2.05) is 0 Å². The van der Waals surface area contributed by atoms with Gasteiger partial charge in [0.05, 0.1) is 0 Å². The third-order valence-corrected chi connectivity index (χ3v) is 3.79. The second-order valence-corrected chi connectivity index (χ2v) is 4.89. The molecule has 0 aliphatic heterocycles. The van der Waals surface area contributed by atoms with Crippen molar-refractivity contribution < 1.29 is 5.11 Å². The third-order valence-electron chi connectivity index (χ3n) is 3.79. The molecule has 84 valence electrons. The van der Waals surface area contributed by atoms with Crippen LogP contribution in [0.15, 0.2) is 0 Å². The molecule has 1 heteroatoms. The largest absolute Gasteiger partial charge is 0.396 e. The summed E-state index contributed by atoms with van der Waals surface area (Å²) in [6, 6.07) is 0. The Kier molecular flexibility index (Phi) is 6.25. The van der Waals surface area contributed by atoms with E-state index in [1.165, 1.54) is 57.8 Å². The van der Waals surface area contributed by atoms with Gasteiger partial charge in [-0.1, -0.05) is 51.9 Å². The molecule has 0 saturated heterocycles. The first-order valence-electron chi connectivity index (χ1n) is 6.47. The number of hydrogen-bond donors (Lipinski definition) is 1. The van der Waals surface area contributed by atoms with E-state index < -0.39 is 0 Å². The molecule has 1 N–H and O–H groups in total. The Balaban J connectivity index is 2.26. The number of aliphatic hydroxyl groups is 1. The van der Waals surface area contributed by atoms with Crippen LogP contribution in [0, 0.1) is 11.8 Å². The van der Waals surface area contributed by atoms with Crippen molar-refractivity contribution in [3.8, 4) is 0 Å². The summed E-state index contributed by atoms with van der Waals surface area (Å²) in [6.07, 6.45) is 12.2. The zero-order valence-corrected chi connectivity index (χ0v) is 9.67. The molecule has 1 saturated carbocycles. The van der Waals surface area contributed by atoms with Gasteiger partial charge < -0.3 is 5.11 Å². The fraction of sp³-hybridized carbons (Fsp3) is 1.00. The van der Waals surface area contributed by atoms with E-state index >= 15 is 0 Å². The fourth-order valence-electron chi connectivity index (χ4n) is 2.61. The molecule has 1 aliphatic carbocycles. The molecule has 0 aromatic carbocycles. The van der Waals surface area contributed by atoms with E-state index in [4.69, 9.17) is 5.11 Å². The van der Waals surface area contributed by atoms with Crippen LogP contribution in [0.1, 0.15) is 64.7 Å². The summed E-state index contributed by atoms with van der Waals surface area (Å²) < 4.78 is 0. The van der Waals surface area contributed by atoms with Crippen molar-refractivity contribution >= 4 is 0 Å². The molecule has 1 fully saturated rings. The van der Waals surface area contributed by atoms with Crippen LogP contribution in [-0.2, 0) is 0 Å². The highest BCUT2D eigenvalue weighted by Crippen LogP contribution is 2.25. The van der Waals surface area contributed by atoms with Gasteiger partial charge >= 0.3 is 0 Å². The standard InChI is InChI=1S/C13H26O/c1-2-12-7-3-5-9-13(11-14)10-6-4-8-12/h12-14H,2-11H2,1H3. The average molecular weight is 198 g/mol. The lowest BCUT2D eigenvalue weighted by molar-refractivity contribution is 0.199.